The Kier molecular flexibility index (Phi) is 4.44. The number of aromatic carboxylic acids is 1. The van der Waals surface area contributed by atoms with Crippen LogP contribution in [0.3, 0.4) is 0 Å². The van der Waals surface area contributed by atoms with E-state index < -0.39 is 11.9 Å². The van der Waals surface area contributed by atoms with E-state index in [0.29, 0.717) is 25.0 Å². The quantitative estimate of drug-likeness (QED) is 0.715. The molecular formula is C11H13NO4. The van der Waals surface area contributed by atoms with Crippen molar-refractivity contribution in [2.75, 3.05) is 0 Å². The SMILES string of the molecule is O=C(O)CCCCc1ncccc1C(=O)O. The van der Waals surface area contributed by atoms with Crippen molar-refractivity contribution in [3.63, 3.8) is 0 Å². The van der Waals surface area contributed by atoms with Crippen molar-refractivity contribution in [3.8, 4) is 0 Å². The second kappa shape index (κ2) is 5.85. The van der Waals surface area contributed by atoms with Gasteiger partial charge in [-0.25, -0.2) is 4.79 Å². The highest BCUT2D eigenvalue weighted by Crippen LogP contribution is 2.10. The fourth-order valence-corrected chi connectivity index (χ4v) is 1.40. The molecule has 1 aromatic rings. The molecule has 0 amide bonds. The Morgan fingerprint density at radius 1 is 1.25 bits per heavy atom. The zero-order valence-electron chi connectivity index (χ0n) is 8.72. The van der Waals surface area contributed by atoms with Gasteiger partial charge in [0.2, 0.25) is 0 Å². The molecular weight excluding hydrogens is 210 g/mol. The first-order valence-electron chi connectivity index (χ1n) is 5.00. The molecule has 0 radical (unpaired) electrons. The molecule has 5 nitrogen and oxygen atoms in total. The number of carboxylic acid groups (broad SMARTS) is 2. The van der Waals surface area contributed by atoms with Crippen LogP contribution in [-0.4, -0.2) is 27.1 Å². The van der Waals surface area contributed by atoms with Crippen LogP contribution in [0.5, 0.6) is 0 Å². The maximum absolute atomic E-state index is 10.8. The lowest BCUT2D eigenvalue weighted by Gasteiger charge is -2.03. The van der Waals surface area contributed by atoms with Crippen LogP contribution in [0.1, 0.15) is 35.3 Å². The second-order valence-electron chi connectivity index (χ2n) is 3.40. The summed E-state index contributed by atoms with van der Waals surface area (Å²) < 4.78 is 0. The molecule has 0 saturated heterocycles. The third kappa shape index (κ3) is 3.68. The first kappa shape index (κ1) is 12.2. The number of hydrogen-bond donors (Lipinski definition) is 2. The van der Waals surface area contributed by atoms with E-state index in [1.165, 1.54) is 6.07 Å². The average Bonchev–Trinajstić information content (AvgIpc) is 2.24. The minimum absolute atomic E-state index is 0.106. The molecule has 86 valence electrons. The third-order valence-electron chi connectivity index (χ3n) is 2.17. The van der Waals surface area contributed by atoms with Gasteiger partial charge in [-0.1, -0.05) is 0 Å². The number of aliphatic carboxylic acids is 1. The fraction of sp³-hybridized carbons (Fsp3) is 0.364. The highest BCUT2D eigenvalue weighted by Gasteiger charge is 2.09. The summed E-state index contributed by atoms with van der Waals surface area (Å²) in [5.74, 6) is -1.83. The van der Waals surface area contributed by atoms with E-state index >= 15 is 0 Å². The molecule has 0 unspecified atom stereocenters. The largest absolute Gasteiger partial charge is 0.481 e. The molecule has 0 aromatic carbocycles. The van der Waals surface area contributed by atoms with E-state index in [0.717, 1.165) is 0 Å². The standard InChI is InChI=1S/C11H13NO4/c13-10(14)6-2-1-5-9-8(11(15)16)4-3-7-12-9/h3-4,7H,1-2,5-6H2,(H,13,14)(H,15,16). The molecule has 0 spiro atoms. The fourth-order valence-electron chi connectivity index (χ4n) is 1.40. The Bertz CT molecular complexity index is 389. The molecule has 2 N–H and O–H groups in total. The molecule has 0 aliphatic rings. The smallest absolute Gasteiger partial charge is 0.337 e. The topological polar surface area (TPSA) is 87.5 Å². The summed E-state index contributed by atoms with van der Waals surface area (Å²) in [5.41, 5.74) is 0.707. The van der Waals surface area contributed by atoms with Gasteiger partial charge in [-0.3, -0.25) is 9.78 Å². The van der Waals surface area contributed by atoms with Gasteiger partial charge in [0.25, 0.3) is 0 Å². The lowest BCUT2D eigenvalue weighted by molar-refractivity contribution is -0.137. The summed E-state index contributed by atoms with van der Waals surface area (Å²) in [6.45, 7) is 0. The van der Waals surface area contributed by atoms with Crippen LogP contribution in [0.25, 0.3) is 0 Å². The van der Waals surface area contributed by atoms with Gasteiger partial charge in [0, 0.05) is 12.6 Å². The third-order valence-corrected chi connectivity index (χ3v) is 2.17. The van der Waals surface area contributed by atoms with E-state index in [1.54, 1.807) is 12.3 Å². The number of aryl methyl sites for hydroxylation is 1. The Morgan fingerprint density at radius 3 is 2.62 bits per heavy atom. The summed E-state index contributed by atoms with van der Waals surface area (Å²) in [6, 6.07) is 3.08. The lowest BCUT2D eigenvalue weighted by Crippen LogP contribution is -2.05. The monoisotopic (exact) mass is 223 g/mol. The summed E-state index contributed by atoms with van der Waals surface area (Å²) in [7, 11) is 0. The van der Waals surface area contributed by atoms with Crippen molar-refractivity contribution >= 4 is 11.9 Å². The number of unbranched alkanes of at least 4 members (excludes halogenated alkanes) is 1. The van der Waals surface area contributed by atoms with Gasteiger partial charge < -0.3 is 10.2 Å². The van der Waals surface area contributed by atoms with E-state index in [1.807, 2.05) is 0 Å². The van der Waals surface area contributed by atoms with E-state index in [9.17, 15) is 9.59 Å². The molecule has 0 aliphatic carbocycles. The number of rotatable bonds is 6. The van der Waals surface area contributed by atoms with Gasteiger partial charge in [0.05, 0.1) is 11.3 Å². The van der Waals surface area contributed by atoms with Crippen LogP contribution in [0, 0.1) is 0 Å². The molecule has 0 atom stereocenters. The van der Waals surface area contributed by atoms with Crippen molar-refractivity contribution in [2.45, 2.75) is 25.7 Å². The van der Waals surface area contributed by atoms with Crippen LogP contribution in [0.4, 0.5) is 0 Å². The molecule has 0 aliphatic heterocycles. The van der Waals surface area contributed by atoms with Crippen LogP contribution in [-0.2, 0) is 11.2 Å². The van der Waals surface area contributed by atoms with Crippen molar-refractivity contribution in [1.82, 2.24) is 4.98 Å². The number of hydrogen-bond acceptors (Lipinski definition) is 3. The minimum Gasteiger partial charge on any atom is -0.481 e. The number of pyridine rings is 1. The number of aromatic nitrogens is 1. The zero-order chi connectivity index (χ0) is 12.0. The van der Waals surface area contributed by atoms with E-state index in [4.69, 9.17) is 10.2 Å². The number of nitrogens with zero attached hydrogens (tertiary/aromatic N) is 1. The van der Waals surface area contributed by atoms with Gasteiger partial charge in [-0.2, -0.15) is 0 Å². The Morgan fingerprint density at radius 2 is 2.00 bits per heavy atom. The zero-order valence-corrected chi connectivity index (χ0v) is 8.72. The maximum Gasteiger partial charge on any atom is 0.337 e. The lowest BCUT2D eigenvalue weighted by atomic mass is 10.1. The highest BCUT2D eigenvalue weighted by atomic mass is 16.4. The van der Waals surface area contributed by atoms with Crippen molar-refractivity contribution in [2.24, 2.45) is 0 Å². The van der Waals surface area contributed by atoms with Crippen LogP contribution in [0.15, 0.2) is 18.3 Å². The number of carboxylic acids is 2. The number of carbonyl (C=O) groups is 2. The van der Waals surface area contributed by atoms with Crippen LogP contribution in [0.2, 0.25) is 0 Å². The molecule has 0 fully saturated rings. The van der Waals surface area contributed by atoms with Gasteiger partial charge in [0.1, 0.15) is 0 Å². The molecule has 1 rings (SSSR count). The van der Waals surface area contributed by atoms with Crippen LogP contribution >= 0.6 is 0 Å². The molecule has 1 heterocycles. The van der Waals surface area contributed by atoms with E-state index in [2.05, 4.69) is 4.98 Å². The Labute approximate surface area is 92.8 Å². The van der Waals surface area contributed by atoms with Gasteiger partial charge in [0.15, 0.2) is 0 Å². The molecule has 5 heteroatoms. The van der Waals surface area contributed by atoms with Crippen LogP contribution < -0.4 is 0 Å². The first-order valence-corrected chi connectivity index (χ1v) is 5.00. The molecule has 1 aromatic heterocycles. The van der Waals surface area contributed by atoms with Crippen molar-refractivity contribution in [3.05, 3.63) is 29.6 Å². The summed E-state index contributed by atoms with van der Waals surface area (Å²) >= 11 is 0. The maximum atomic E-state index is 10.8. The summed E-state index contributed by atoms with van der Waals surface area (Å²) in [4.78, 5) is 25.1. The Balaban J connectivity index is 2.53. The van der Waals surface area contributed by atoms with Crippen molar-refractivity contribution < 1.29 is 19.8 Å². The molecule has 16 heavy (non-hydrogen) atoms. The first-order chi connectivity index (χ1) is 7.61. The normalized spacial score (nSPS) is 10.0. The predicted molar refractivity (Wildman–Crippen MR) is 56.4 cm³/mol. The molecule has 0 saturated carbocycles. The van der Waals surface area contributed by atoms with Gasteiger partial charge in [-0.15, -0.1) is 0 Å². The predicted octanol–water partition coefficient (Wildman–Crippen LogP) is 1.58. The van der Waals surface area contributed by atoms with Crippen molar-refractivity contribution in [1.29, 1.82) is 0 Å². The Hall–Kier alpha value is -1.91. The van der Waals surface area contributed by atoms with Gasteiger partial charge >= 0.3 is 11.9 Å². The average molecular weight is 223 g/mol. The highest BCUT2D eigenvalue weighted by molar-refractivity contribution is 5.88. The molecule has 0 bridgehead atoms. The minimum atomic E-state index is -0.999. The summed E-state index contributed by atoms with van der Waals surface area (Å²) in [5, 5.41) is 17.3. The van der Waals surface area contributed by atoms with E-state index in [-0.39, 0.29) is 12.0 Å². The summed E-state index contributed by atoms with van der Waals surface area (Å²) in [6.07, 6.45) is 3.30. The van der Waals surface area contributed by atoms with Gasteiger partial charge in [-0.05, 0) is 31.4 Å². The second-order valence-corrected chi connectivity index (χ2v) is 3.40.